The van der Waals surface area contributed by atoms with Gasteiger partial charge in [-0.05, 0) is 19.1 Å². The van der Waals surface area contributed by atoms with Crippen molar-refractivity contribution in [2.24, 2.45) is 0 Å². The number of hydrogen-bond acceptors (Lipinski definition) is 3. The molecule has 2 heterocycles. The molecule has 5 heteroatoms. The Morgan fingerprint density at radius 2 is 2.33 bits per heavy atom. The summed E-state index contributed by atoms with van der Waals surface area (Å²) in [6, 6.07) is 3.53. The van der Waals surface area contributed by atoms with Gasteiger partial charge in [0.15, 0.2) is 17.1 Å². The van der Waals surface area contributed by atoms with Crippen LogP contribution in [0.15, 0.2) is 18.3 Å². The first-order valence-corrected chi connectivity index (χ1v) is 4.40. The summed E-state index contributed by atoms with van der Waals surface area (Å²) in [5.41, 5.74) is 1.17. The Labute approximate surface area is 85.9 Å². The van der Waals surface area contributed by atoms with E-state index in [9.17, 15) is 4.79 Å². The average molecular weight is 206 g/mol. The van der Waals surface area contributed by atoms with Crippen LogP contribution in [0.3, 0.4) is 0 Å². The van der Waals surface area contributed by atoms with E-state index in [1.807, 2.05) is 0 Å². The van der Waals surface area contributed by atoms with Crippen LogP contribution in [0.25, 0.3) is 5.65 Å². The maximum Gasteiger partial charge on any atom is 0.356 e. The summed E-state index contributed by atoms with van der Waals surface area (Å²) in [6.07, 6.45) is 1.76. The highest BCUT2D eigenvalue weighted by molar-refractivity contribution is 5.88. The smallest absolute Gasteiger partial charge is 0.356 e. The van der Waals surface area contributed by atoms with Gasteiger partial charge in [-0.3, -0.25) is 0 Å². The Bertz CT molecular complexity index is 531. The number of carbonyl (C=O) groups is 1. The lowest BCUT2D eigenvalue weighted by Gasteiger charge is -2.01. The van der Waals surface area contributed by atoms with Crippen molar-refractivity contribution >= 4 is 11.6 Å². The highest BCUT2D eigenvalue weighted by Crippen LogP contribution is 2.21. The fourth-order valence-electron chi connectivity index (χ4n) is 1.52. The number of aryl methyl sites for hydroxylation is 1. The van der Waals surface area contributed by atoms with E-state index in [4.69, 9.17) is 9.84 Å². The number of carboxylic acid groups (broad SMARTS) is 1. The summed E-state index contributed by atoms with van der Waals surface area (Å²) < 4.78 is 6.80. The van der Waals surface area contributed by atoms with Crippen molar-refractivity contribution in [1.29, 1.82) is 0 Å². The fourth-order valence-corrected chi connectivity index (χ4v) is 1.52. The molecule has 0 aliphatic rings. The normalized spacial score (nSPS) is 10.5. The third-order valence-electron chi connectivity index (χ3n) is 2.28. The molecule has 0 amide bonds. The van der Waals surface area contributed by atoms with Gasteiger partial charge in [-0.2, -0.15) is 0 Å². The van der Waals surface area contributed by atoms with Gasteiger partial charge in [0.05, 0.1) is 12.8 Å². The summed E-state index contributed by atoms with van der Waals surface area (Å²) in [5, 5.41) is 8.91. The van der Waals surface area contributed by atoms with Crippen molar-refractivity contribution in [3.63, 3.8) is 0 Å². The van der Waals surface area contributed by atoms with Crippen LogP contribution in [0, 0.1) is 6.92 Å². The second-order valence-electron chi connectivity index (χ2n) is 3.12. The molecule has 78 valence electrons. The van der Waals surface area contributed by atoms with Crippen LogP contribution in [-0.2, 0) is 0 Å². The summed E-state index contributed by atoms with van der Waals surface area (Å²) >= 11 is 0. The van der Waals surface area contributed by atoms with E-state index >= 15 is 0 Å². The van der Waals surface area contributed by atoms with Crippen molar-refractivity contribution in [1.82, 2.24) is 9.38 Å². The molecule has 0 fully saturated rings. The second-order valence-corrected chi connectivity index (χ2v) is 3.12. The lowest BCUT2D eigenvalue weighted by atomic mass is 10.3. The number of ether oxygens (including phenoxy) is 1. The Kier molecular flexibility index (Phi) is 2.07. The van der Waals surface area contributed by atoms with Gasteiger partial charge in [0.25, 0.3) is 0 Å². The topological polar surface area (TPSA) is 63.8 Å². The highest BCUT2D eigenvalue weighted by atomic mass is 16.5. The molecular weight excluding hydrogens is 196 g/mol. The Morgan fingerprint density at radius 1 is 1.60 bits per heavy atom. The molecule has 0 spiro atoms. The standard InChI is InChI=1S/C10H10N2O3/c1-6-8(10(13)14)11-9-7(15-2)4-3-5-12(6)9/h3-5H,1-2H3,(H,13,14). The van der Waals surface area contributed by atoms with Crippen LogP contribution in [-0.4, -0.2) is 27.6 Å². The van der Waals surface area contributed by atoms with Crippen LogP contribution in [0.2, 0.25) is 0 Å². The Balaban J connectivity index is 2.81. The van der Waals surface area contributed by atoms with Gasteiger partial charge in [0.2, 0.25) is 0 Å². The van der Waals surface area contributed by atoms with Gasteiger partial charge in [-0.1, -0.05) is 0 Å². The van der Waals surface area contributed by atoms with Gasteiger partial charge >= 0.3 is 5.97 Å². The summed E-state index contributed by atoms with van der Waals surface area (Å²) in [5.74, 6) is -0.466. The van der Waals surface area contributed by atoms with Crippen molar-refractivity contribution in [3.05, 3.63) is 29.7 Å². The molecule has 0 aliphatic heterocycles. The lowest BCUT2D eigenvalue weighted by molar-refractivity contribution is 0.0690. The number of nitrogens with zero attached hydrogens (tertiary/aromatic N) is 2. The predicted molar refractivity (Wildman–Crippen MR) is 53.4 cm³/mol. The zero-order valence-electron chi connectivity index (χ0n) is 8.39. The first-order chi connectivity index (χ1) is 7.15. The quantitative estimate of drug-likeness (QED) is 0.805. The first-order valence-electron chi connectivity index (χ1n) is 4.40. The molecule has 0 saturated heterocycles. The SMILES string of the molecule is COc1cccn2c(C)c(C(=O)O)nc12. The molecule has 0 saturated carbocycles. The molecule has 1 N–H and O–H groups in total. The molecule has 5 nitrogen and oxygen atoms in total. The highest BCUT2D eigenvalue weighted by Gasteiger charge is 2.16. The number of aromatic carboxylic acids is 1. The zero-order valence-corrected chi connectivity index (χ0v) is 8.39. The molecule has 0 radical (unpaired) electrons. The van der Waals surface area contributed by atoms with Gasteiger partial charge < -0.3 is 14.2 Å². The molecular formula is C10H10N2O3. The second kappa shape index (κ2) is 3.27. The van der Waals surface area contributed by atoms with Crippen LogP contribution < -0.4 is 4.74 Å². The minimum Gasteiger partial charge on any atom is -0.493 e. The number of carboxylic acids is 1. The van der Waals surface area contributed by atoms with Crippen LogP contribution in [0.5, 0.6) is 5.75 Å². The number of rotatable bonds is 2. The number of pyridine rings is 1. The summed E-state index contributed by atoms with van der Waals surface area (Å²) in [7, 11) is 1.53. The largest absolute Gasteiger partial charge is 0.493 e. The van der Waals surface area contributed by atoms with Crippen molar-refractivity contribution in [2.75, 3.05) is 7.11 Å². The number of fused-ring (bicyclic) bond motifs is 1. The fraction of sp³-hybridized carbons (Fsp3) is 0.200. The number of methoxy groups -OCH3 is 1. The Morgan fingerprint density at radius 3 is 2.93 bits per heavy atom. The van der Waals surface area contributed by atoms with Crippen molar-refractivity contribution in [2.45, 2.75) is 6.92 Å². The maximum atomic E-state index is 10.9. The molecule has 2 rings (SSSR count). The van der Waals surface area contributed by atoms with Crippen LogP contribution >= 0.6 is 0 Å². The zero-order chi connectivity index (χ0) is 11.0. The van der Waals surface area contributed by atoms with Gasteiger partial charge in [0, 0.05) is 6.20 Å². The van der Waals surface area contributed by atoms with E-state index < -0.39 is 5.97 Å². The first kappa shape index (κ1) is 9.51. The number of aromatic nitrogens is 2. The molecule has 0 aliphatic carbocycles. The van der Waals surface area contributed by atoms with Gasteiger partial charge in [-0.25, -0.2) is 9.78 Å². The molecule has 0 unspecified atom stereocenters. The summed E-state index contributed by atoms with van der Waals surface area (Å²) in [6.45, 7) is 1.71. The van der Waals surface area contributed by atoms with E-state index in [1.165, 1.54) is 7.11 Å². The monoisotopic (exact) mass is 206 g/mol. The molecule has 0 bridgehead atoms. The number of hydrogen-bond donors (Lipinski definition) is 1. The predicted octanol–water partition coefficient (Wildman–Crippen LogP) is 1.35. The van der Waals surface area contributed by atoms with Crippen molar-refractivity contribution in [3.8, 4) is 5.75 Å². The average Bonchev–Trinajstić information content (AvgIpc) is 2.56. The summed E-state index contributed by atoms with van der Waals surface area (Å²) in [4.78, 5) is 14.9. The lowest BCUT2D eigenvalue weighted by Crippen LogP contribution is -1.99. The van der Waals surface area contributed by atoms with Gasteiger partial charge in [-0.15, -0.1) is 0 Å². The Hall–Kier alpha value is -2.04. The van der Waals surface area contributed by atoms with E-state index in [1.54, 1.807) is 29.7 Å². The minimum atomic E-state index is -1.03. The van der Waals surface area contributed by atoms with E-state index in [0.29, 0.717) is 17.1 Å². The van der Waals surface area contributed by atoms with E-state index in [-0.39, 0.29) is 5.69 Å². The van der Waals surface area contributed by atoms with E-state index in [2.05, 4.69) is 4.98 Å². The third-order valence-corrected chi connectivity index (χ3v) is 2.28. The van der Waals surface area contributed by atoms with Crippen LogP contribution in [0.4, 0.5) is 0 Å². The molecule has 0 atom stereocenters. The van der Waals surface area contributed by atoms with Crippen molar-refractivity contribution < 1.29 is 14.6 Å². The molecule has 15 heavy (non-hydrogen) atoms. The third kappa shape index (κ3) is 1.32. The molecule has 0 aromatic carbocycles. The minimum absolute atomic E-state index is 0.0551. The van der Waals surface area contributed by atoms with E-state index in [0.717, 1.165) is 0 Å². The number of imidazole rings is 1. The molecule has 2 aromatic heterocycles. The van der Waals surface area contributed by atoms with Gasteiger partial charge in [0.1, 0.15) is 0 Å². The molecule has 2 aromatic rings. The van der Waals surface area contributed by atoms with Crippen LogP contribution in [0.1, 0.15) is 16.2 Å². The maximum absolute atomic E-state index is 10.9.